The maximum atomic E-state index is 9.76. The summed E-state index contributed by atoms with van der Waals surface area (Å²) in [5, 5.41) is 9.76. The van der Waals surface area contributed by atoms with Gasteiger partial charge in [0.1, 0.15) is 0 Å². The monoisotopic (exact) mass is 793 g/mol. The Morgan fingerprint density at radius 2 is 0.565 bits per heavy atom. The van der Waals surface area contributed by atoms with Gasteiger partial charge in [-0.15, -0.1) is 0 Å². The summed E-state index contributed by atoms with van der Waals surface area (Å²) in [5.74, 6) is 3.54. The molecule has 10 rings (SSSR count). The topological polar surface area (TPSA) is 101 Å². The summed E-state index contributed by atoms with van der Waals surface area (Å²) in [6.07, 6.45) is 0. The van der Waals surface area contributed by atoms with Gasteiger partial charge >= 0.3 is 0 Å². The van der Waals surface area contributed by atoms with E-state index in [9.17, 15) is 5.26 Å². The van der Waals surface area contributed by atoms with Crippen LogP contribution in [0.2, 0.25) is 0 Å². The molecule has 8 aromatic carbocycles. The molecule has 10 aromatic rings. The largest absolute Gasteiger partial charge is 0.208 e. The Bertz CT molecular complexity index is 3120. The van der Waals surface area contributed by atoms with Crippen LogP contribution in [0.5, 0.6) is 0 Å². The van der Waals surface area contributed by atoms with Crippen molar-refractivity contribution in [2.75, 3.05) is 0 Å². The Balaban J connectivity index is 1.12. The molecule has 0 fully saturated rings. The van der Waals surface area contributed by atoms with Gasteiger partial charge in [0, 0.05) is 33.4 Å². The first-order valence-electron chi connectivity index (χ1n) is 20.3. The molecule has 0 radical (unpaired) electrons. The van der Waals surface area contributed by atoms with E-state index in [1.807, 2.05) is 170 Å². The molecule has 0 spiro atoms. The van der Waals surface area contributed by atoms with Crippen LogP contribution in [0.3, 0.4) is 0 Å². The SMILES string of the molecule is N#Cc1cccc(-c2ccc(-c3cccc(-c4nc(-c5ccccc5)nc(-c5ccccc5)n4)c3)c(-c3cccc(-c4nc(-c5ccccc5)nc(-c5ccccc5)n4)c3)c2)c1. The number of nitrogens with zero attached hydrogens (tertiary/aromatic N) is 7. The van der Waals surface area contributed by atoms with Crippen molar-refractivity contribution >= 4 is 0 Å². The average Bonchev–Trinajstić information content (AvgIpc) is 3.37. The molecule has 7 heteroatoms. The highest BCUT2D eigenvalue weighted by Gasteiger charge is 2.17. The minimum Gasteiger partial charge on any atom is -0.208 e. The van der Waals surface area contributed by atoms with E-state index >= 15 is 0 Å². The highest BCUT2D eigenvalue weighted by Crippen LogP contribution is 2.39. The summed E-state index contributed by atoms with van der Waals surface area (Å²) in [7, 11) is 0. The van der Waals surface area contributed by atoms with Gasteiger partial charge in [-0.25, -0.2) is 29.9 Å². The van der Waals surface area contributed by atoms with Gasteiger partial charge in [0.15, 0.2) is 34.9 Å². The zero-order valence-corrected chi connectivity index (χ0v) is 33.3. The second-order valence-corrected chi connectivity index (χ2v) is 14.7. The second-order valence-electron chi connectivity index (χ2n) is 14.7. The molecule has 0 atom stereocenters. The van der Waals surface area contributed by atoms with Gasteiger partial charge in [-0.3, -0.25) is 0 Å². The number of rotatable bonds is 9. The Morgan fingerprint density at radius 1 is 0.242 bits per heavy atom. The molecule has 0 bridgehead atoms. The zero-order chi connectivity index (χ0) is 41.7. The third kappa shape index (κ3) is 7.87. The van der Waals surface area contributed by atoms with Crippen LogP contribution in [0.4, 0.5) is 0 Å². The zero-order valence-electron chi connectivity index (χ0n) is 33.3. The lowest BCUT2D eigenvalue weighted by Gasteiger charge is -2.15. The molecule has 0 amide bonds. The summed E-state index contributed by atoms with van der Waals surface area (Å²) < 4.78 is 0. The minimum atomic E-state index is 0.569. The lowest BCUT2D eigenvalue weighted by molar-refractivity contribution is 1.07. The van der Waals surface area contributed by atoms with E-state index in [0.717, 1.165) is 66.8 Å². The van der Waals surface area contributed by atoms with Crippen molar-refractivity contribution in [3.8, 4) is 108 Å². The highest BCUT2D eigenvalue weighted by molar-refractivity contribution is 5.89. The van der Waals surface area contributed by atoms with Gasteiger partial charge in [-0.05, 0) is 63.7 Å². The average molecular weight is 794 g/mol. The van der Waals surface area contributed by atoms with Crippen molar-refractivity contribution in [2.24, 2.45) is 0 Å². The Labute approximate surface area is 359 Å². The second kappa shape index (κ2) is 16.9. The van der Waals surface area contributed by atoms with Crippen LogP contribution in [0.1, 0.15) is 5.56 Å². The van der Waals surface area contributed by atoms with Crippen molar-refractivity contribution in [1.82, 2.24) is 29.9 Å². The number of hydrogen-bond donors (Lipinski definition) is 0. The molecule has 7 nitrogen and oxygen atoms in total. The molecular weight excluding hydrogens is 759 g/mol. The van der Waals surface area contributed by atoms with E-state index in [1.54, 1.807) is 0 Å². The van der Waals surface area contributed by atoms with Gasteiger partial charge in [-0.2, -0.15) is 5.26 Å². The predicted molar refractivity (Wildman–Crippen MR) is 247 cm³/mol. The minimum absolute atomic E-state index is 0.569. The molecule has 2 heterocycles. The third-order valence-electron chi connectivity index (χ3n) is 10.6. The first kappa shape index (κ1) is 37.5. The highest BCUT2D eigenvalue weighted by atomic mass is 15.0. The molecule has 0 aliphatic rings. The van der Waals surface area contributed by atoms with E-state index in [4.69, 9.17) is 29.9 Å². The summed E-state index contributed by atoms with van der Waals surface area (Å²) >= 11 is 0. The molecule has 62 heavy (non-hydrogen) atoms. The molecule has 290 valence electrons. The number of aromatic nitrogens is 6. The van der Waals surface area contributed by atoms with Crippen LogP contribution in [0, 0.1) is 11.3 Å². The molecule has 0 saturated carbocycles. The van der Waals surface area contributed by atoms with E-state index in [-0.39, 0.29) is 0 Å². The number of nitriles is 1. The molecule has 0 saturated heterocycles. The summed E-state index contributed by atoms with van der Waals surface area (Å²) in [4.78, 5) is 29.9. The van der Waals surface area contributed by atoms with Crippen LogP contribution in [0.15, 0.2) is 212 Å². The summed E-state index contributed by atoms with van der Waals surface area (Å²) in [6, 6.07) is 73.1. The third-order valence-corrected chi connectivity index (χ3v) is 10.6. The van der Waals surface area contributed by atoms with Gasteiger partial charge in [0.2, 0.25) is 0 Å². The van der Waals surface area contributed by atoms with Gasteiger partial charge in [0.05, 0.1) is 11.6 Å². The molecule has 0 N–H and O–H groups in total. The van der Waals surface area contributed by atoms with E-state index in [0.29, 0.717) is 40.5 Å². The van der Waals surface area contributed by atoms with E-state index in [1.165, 1.54) is 0 Å². The lowest BCUT2D eigenvalue weighted by atomic mass is 9.89. The van der Waals surface area contributed by atoms with Crippen molar-refractivity contribution in [3.05, 3.63) is 218 Å². The van der Waals surface area contributed by atoms with Crippen LogP contribution in [-0.4, -0.2) is 29.9 Å². The molecule has 0 unspecified atom stereocenters. The lowest BCUT2D eigenvalue weighted by Crippen LogP contribution is -2.00. The van der Waals surface area contributed by atoms with Crippen molar-refractivity contribution < 1.29 is 0 Å². The first-order valence-corrected chi connectivity index (χ1v) is 20.3. The quantitative estimate of drug-likeness (QED) is 0.143. The van der Waals surface area contributed by atoms with Crippen LogP contribution in [-0.2, 0) is 0 Å². The molecule has 2 aromatic heterocycles. The van der Waals surface area contributed by atoms with Crippen molar-refractivity contribution in [2.45, 2.75) is 0 Å². The Kier molecular flexibility index (Phi) is 10.2. The number of hydrogen-bond acceptors (Lipinski definition) is 7. The van der Waals surface area contributed by atoms with E-state index < -0.39 is 0 Å². The van der Waals surface area contributed by atoms with Gasteiger partial charge in [0.25, 0.3) is 0 Å². The standard InChI is InChI=1S/C55H35N7/c56-36-37-16-13-25-42(32-37)43-30-31-48(44-26-14-28-46(33-44)54-59-50(38-17-5-1-6-18-38)57-51(60-54)39-19-7-2-8-20-39)49(35-43)45-27-15-29-47(34-45)55-61-52(40-21-9-3-10-22-40)58-53(62-55)41-23-11-4-12-24-41/h1-35H. The maximum absolute atomic E-state index is 9.76. The van der Waals surface area contributed by atoms with Crippen molar-refractivity contribution in [3.63, 3.8) is 0 Å². The summed E-state index contributed by atoms with van der Waals surface area (Å²) in [6.45, 7) is 0. The summed E-state index contributed by atoms with van der Waals surface area (Å²) in [5.41, 5.74) is 11.8. The van der Waals surface area contributed by atoms with Crippen molar-refractivity contribution in [1.29, 1.82) is 5.26 Å². The Morgan fingerprint density at radius 3 is 0.984 bits per heavy atom. The molecule has 0 aliphatic carbocycles. The maximum Gasteiger partial charge on any atom is 0.164 e. The normalized spacial score (nSPS) is 10.9. The molecular formula is C55H35N7. The van der Waals surface area contributed by atoms with Crippen LogP contribution >= 0.6 is 0 Å². The van der Waals surface area contributed by atoms with Crippen LogP contribution in [0.25, 0.3) is 102 Å². The fourth-order valence-corrected chi connectivity index (χ4v) is 7.51. The number of benzene rings is 8. The molecule has 0 aliphatic heterocycles. The van der Waals surface area contributed by atoms with Crippen LogP contribution < -0.4 is 0 Å². The van der Waals surface area contributed by atoms with E-state index in [2.05, 4.69) is 48.5 Å². The Hall–Kier alpha value is -8.73. The fraction of sp³-hybridized carbons (Fsp3) is 0. The van der Waals surface area contributed by atoms with Gasteiger partial charge in [-0.1, -0.05) is 182 Å². The fourth-order valence-electron chi connectivity index (χ4n) is 7.51. The van der Waals surface area contributed by atoms with Gasteiger partial charge < -0.3 is 0 Å². The smallest absolute Gasteiger partial charge is 0.164 e. The predicted octanol–water partition coefficient (Wildman–Crippen LogP) is 12.9. The first-order chi connectivity index (χ1) is 30.6.